The summed E-state index contributed by atoms with van der Waals surface area (Å²) >= 11 is 0. The number of carbonyl (C=O) groups excluding carboxylic acids is 1. The van der Waals surface area contributed by atoms with Crippen molar-refractivity contribution >= 4 is 15.9 Å². The second-order valence-electron chi connectivity index (χ2n) is 6.99. The van der Waals surface area contributed by atoms with Crippen molar-refractivity contribution < 1.29 is 13.2 Å². The van der Waals surface area contributed by atoms with Gasteiger partial charge in [-0.05, 0) is 55.3 Å². The highest BCUT2D eigenvalue weighted by Gasteiger charge is 2.23. The highest BCUT2D eigenvalue weighted by molar-refractivity contribution is 7.89. The van der Waals surface area contributed by atoms with Crippen molar-refractivity contribution in [1.29, 1.82) is 0 Å². The van der Waals surface area contributed by atoms with Gasteiger partial charge in [-0.3, -0.25) is 9.69 Å². The molecule has 0 aromatic heterocycles. The van der Waals surface area contributed by atoms with E-state index in [1.54, 1.807) is 0 Å². The number of nitrogens with one attached hydrogen (secondary N) is 2. The van der Waals surface area contributed by atoms with E-state index in [-0.39, 0.29) is 16.8 Å². The average Bonchev–Trinajstić information content (AvgIpc) is 2.74. The second kappa shape index (κ2) is 8.86. The Labute approximate surface area is 167 Å². The third kappa shape index (κ3) is 4.60. The molecule has 1 aliphatic rings. The minimum Gasteiger partial charge on any atom is -0.350 e. The van der Waals surface area contributed by atoms with Crippen molar-refractivity contribution in [3.63, 3.8) is 0 Å². The number of nitrogens with zero attached hydrogens (tertiary/aromatic N) is 1. The molecule has 150 valence electrons. The second-order valence-corrected chi connectivity index (χ2v) is 8.88. The number of amides is 1. The fourth-order valence-corrected chi connectivity index (χ4v) is 4.31. The van der Waals surface area contributed by atoms with Gasteiger partial charge >= 0.3 is 0 Å². The summed E-state index contributed by atoms with van der Waals surface area (Å²) in [5.41, 5.74) is 3.23. The molecule has 1 aliphatic heterocycles. The molecule has 28 heavy (non-hydrogen) atoms. The Balaban J connectivity index is 1.60. The van der Waals surface area contributed by atoms with E-state index in [0.717, 1.165) is 25.9 Å². The Morgan fingerprint density at radius 1 is 1.11 bits per heavy atom. The van der Waals surface area contributed by atoms with Gasteiger partial charge in [0.2, 0.25) is 10.0 Å². The van der Waals surface area contributed by atoms with Crippen LogP contribution >= 0.6 is 0 Å². The van der Waals surface area contributed by atoms with Crippen LogP contribution < -0.4 is 10.0 Å². The summed E-state index contributed by atoms with van der Waals surface area (Å²) in [5, 5.41) is 3.00. The largest absolute Gasteiger partial charge is 0.350 e. The molecule has 0 saturated heterocycles. The van der Waals surface area contributed by atoms with E-state index >= 15 is 0 Å². The Morgan fingerprint density at radius 2 is 1.79 bits per heavy atom. The first kappa shape index (κ1) is 20.5. The fraction of sp³-hybridized carbons (Fsp3) is 0.381. The van der Waals surface area contributed by atoms with Crippen molar-refractivity contribution in [3.8, 4) is 0 Å². The predicted molar refractivity (Wildman–Crippen MR) is 110 cm³/mol. The minimum atomic E-state index is -3.50. The number of carbonyl (C=O) groups is 1. The van der Waals surface area contributed by atoms with E-state index in [0.29, 0.717) is 12.1 Å². The van der Waals surface area contributed by atoms with Gasteiger partial charge < -0.3 is 5.32 Å². The van der Waals surface area contributed by atoms with E-state index in [1.165, 1.54) is 42.4 Å². The molecule has 3 rings (SSSR count). The van der Waals surface area contributed by atoms with Crippen LogP contribution in [0.2, 0.25) is 0 Å². The van der Waals surface area contributed by atoms with Gasteiger partial charge in [-0.1, -0.05) is 31.2 Å². The van der Waals surface area contributed by atoms with Crippen LogP contribution in [-0.2, 0) is 23.0 Å². The summed E-state index contributed by atoms with van der Waals surface area (Å²) in [6.45, 7) is 4.59. The van der Waals surface area contributed by atoms with Gasteiger partial charge in [-0.2, -0.15) is 0 Å². The molecule has 6 nitrogen and oxygen atoms in total. The number of rotatable bonds is 7. The molecule has 1 unspecified atom stereocenters. The Morgan fingerprint density at radius 3 is 2.43 bits per heavy atom. The summed E-state index contributed by atoms with van der Waals surface area (Å²) in [6.07, 6.45) is 1.98. The molecule has 2 aromatic rings. The number of hydrogen-bond acceptors (Lipinski definition) is 4. The molecule has 0 fully saturated rings. The molecule has 1 heterocycles. The van der Waals surface area contributed by atoms with Gasteiger partial charge in [0.15, 0.2) is 0 Å². The normalized spacial score (nSPS) is 15.6. The number of hydrogen-bond donors (Lipinski definition) is 2. The lowest BCUT2D eigenvalue weighted by molar-refractivity contribution is 0.0926. The standard InChI is InChI=1S/C21H27N3O3S/c1-3-19(24-13-12-16-6-4-5-7-18(16)15-24)14-23-21(25)17-8-10-20(11-9-17)28(26,27)22-2/h4-11,19,22H,3,12-15H2,1-2H3,(H,23,25). The van der Waals surface area contributed by atoms with Crippen LogP contribution in [0.4, 0.5) is 0 Å². The zero-order chi connectivity index (χ0) is 20.1. The van der Waals surface area contributed by atoms with Crippen LogP contribution in [0.25, 0.3) is 0 Å². The van der Waals surface area contributed by atoms with Crippen LogP contribution in [0.3, 0.4) is 0 Å². The van der Waals surface area contributed by atoms with E-state index in [2.05, 4.69) is 46.1 Å². The van der Waals surface area contributed by atoms with Gasteiger partial charge in [0, 0.05) is 31.2 Å². The molecule has 7 heteroatoms. The monoisotopic (exact) mass is 401 g/mol. The van der Waals surface area contributed by atoms with E-state index in [1.807, 2.05) is 0 Å². The first-order chi connectivity index (χ1) is 13.4. The quantitative estimate of drug-likeness (QED) is 0.745. The lowest BCUT2D eigenvalue weighted by Gasteiger charge is -2.35. The zero-order valence-corrected chi connectivity index (χ0v) is 17.1. The lowest BCUT2D eigenvalue weighted by Crippen LogP contribution is -2.45. The molecule has 0 spiro atoms. The van der Waals surface area contributed by atoms with Crippen LogP contribution in [0.15, 0.2) is 53.4 Å². The molecule has 0 aliphatic carbocycles. The molecule has 0 radical (unpaired) electrons. The van der Waals surface area contributed by atoms with Crippen LogP contribution in [-0.4, -0.2) is 45.4 Å². The van der Waals surface area contributed by atoms with E-state index in [9.17, 15) is 13.2 Å². The Hall–Kier alpha value is -2.22. The third-order valence-corrected chi connectivity index (χ3v) is 6.77. The maximum Gasteiger partial charge on any atom is 0.251 e. The summed E-state index contributed by atoms with van der Waals surface area (Å²) in [6, 6.07) is 14.7. The first-order valence-electron chi connectivity index (χ1n) is 9.57. The van der Waals surface area contributed by atoms with Crippen LogP contribution in [0.5, 0.6) is 0 Å². The molecule has 1 amide bonds. The molecule has 2 aromatic carbocycles. The van der Waals surface area contributed by atoms with Gasteiger partial charge in [-0.15, -0.1) is 0 Å². The summed E-state index contributed by atoms with van der Waals surface area (Å²) in [5.74, 6) is -0.190. The Kier molecular flexibility index (Phi) is 6.49. The smallest absolute Gasteiger partial charge is 0.251 e. The van der Waals surface area contributed by atoms with Crippen molar-refractivity contribution in [3.05, 3.63) is 65.2 Å². The summed E-state index contributed by atoms with van der Waals surface area (Å²) in [7, 11) is -2.14. The van der Waals surface area contributed by atoms with Crippen molar-refractivity contribution in [2.45, 2.75) is 37.2 Å². The predicted octanol–water partition coefficient (Wildman–Crippen LogP) is 2.16. The molecular formula is C21H27N3O3S. The SMILES string of the molecule is CCC(CNC(=O)c1ccc(S(=O)(=O)NC)cc1)N1CCc2ccccc2C1. The van der Waals surface area contributed by atoms with Crippen LogP contribution in [0, 0.1) is 0 Å². The number of benzene rings is 2. The number of sulfonamides is 1. The third-order valence-electron chi connectivity index (χ3n) is 5.34. The molecule has 2 N–H and O–H groups in total. The van der Waals surface area contributed by atoms with Crippen molar-refractivity contribution in [2.75, 3.05) is 20.1 Å². The first-order valence-corrected chi connectivity index (χ1v) is 11.1. The molecular weight excluding hydrogens is 374 g/mol. The maximum absolute atomic E-state index is 12.5. The number of fused-ring (bicyclic) bond motifs is 1. The molecule has 0 bridgehead atoms. The average molecular weight is 402 g/mol. The van der Waals surface area contributed by atoms with E-state index < -0.39 is 10.0 Å². The van der Waals surface area contributed by atoms with Gasteiger partial charge in [0.05, 0.1) is 4.90 Å². The highest BCUT2D eigenvalue weighted by atomic mass is 32.2. The summed E-state index contributed by atoms with van der Waals surface area (Å²) in [4.78, 5) is 15.0. The Bertz CT molecular complexity index is 926. The minimum absolute atomic E-state index is 0.143. The van der Waals surface area contributed by atoms with Gasteiger partial charge in [-0.25, -0.2) is 13.1 Å². The van der Waals surface area contributed by atoms with E-state index in [4.69, 9.17) is 0 Å². The lowest BCUT2D eigenvalue weighted by atomic mass is 9.98. The van der Waals surface area contributed by atoms with Gasteiger partial charge in [0.25, 0.3) is 5.91 Å². The van der Waals surface area contributed by atoms with Crippen LogP contribution in [0.1, 0.15) is 34.8 Å². The zero-order valence-electron chi connectivity index (χ0n) is 16.3. The van der Waals surface area contributed by atoms with Crippen molar-refractivity contribution in [2.24, 2.45) is 0 Å². The maximum atomic E-state index is 12.5. The fourth-order valence-electron chi connectivity index (χ4n) is 3.58. The molecule has 0 saturated carbocycles. The molecule has 1 atom stereocenters. The summed E-state index contributed by atoms with van der Waals surface area (Å²) < 4.78 is 25.8. The topological polar surface area (TPSA) is 78.5 Å². The highest BCUT2D eigenvalue weighted by Crippen LogP contribution is 2.21. The van der Waals surface area contributed by atoms with Gasteiger partial charge in [0.1, 0.15) is 0 Å². The van der Waals surface area contributed by atoms with Crippen molar-refractivity contribution in [1.82, 2.24) is 14.9 Å².